The number of hydrogen-bond donors (Lipinski definition) is 0. The van der Waals surface area contributed by atoms with E-state index in [1.54, 1.807) is 11.3 Å². The fourth-order valence-electron chi connectivity index (χ4n) is 6.08. The highest BCUT2D eigenvalue weighted by Gasteiger charge is 2.18. The summed E-state index contributed by atoms with van der Waals surface area (Å²) in [5.41, 5.74) is 6.75. The lowest BCUT2D eigenvalue weighted by atomic mass is 9.99. The van der Waals surface area contributed by atoms with E-state index in [-0.39, 0.29) is 0 Å². The Morgan fingerprint density at radius 1 is 0.447 bits per heavy atom. The average molecular weight is 620 g/mol. The largest absolute Gasteiger partial charge is 0.254 e. The first-order chi connectivity index (χ1) is 23.3. The third-order valence-electron chi connectivity index (χ3n) is 8.43. The fraction of sp³-hybridized carbons (Fsp3) is 0. The minimum absolute atomic E-state index is 0.631. The molecule has 4 heterocycles. The van der Waals surface area contributed by atoms with Gasteiger partial charge in [-0.3, -0.25) is 9.97 Å². The lowest BCUT2D eigenvalue weighted by Crippen LogP contribution is -2.00. The Morgan fingerprint density at radius 2 is 1.00 bits per heavy atom. The molecule has 0 N–H and O–H groups in total. The first kappa shape index (κ1) is 27.2. The van der Waals surface area contributed by atoms with E-state index in [1.165, 1.54) is 15.5 Å². The molecule has 220 valence electrons. The van der Waals surface area contributed by atoms with Crippen LogP contribution >= 0.6 is 11.3 Å². The Kier molecular flexibility index (Phi) is 6.58. The first-order valence-corrected chi connectivity index (χ1v) is 16.2. The van der Waals surface area contributed by atoms with Crippen molar-refractivity contribution in [2.45, 2.75) is 0 Å². The number of thiophene rings is 1. The van der Waals surface area contributed by atoms with Crippen molar-refractivity contribution >= 4 is 42.3 Å². The Hall–Kier alpha value is -6.11. The van der Waals surface area contributed by atoms with Crippen molar-refractivity contribution in [1.82, 2.24) is 24.9 Å². The predicted octanol–water partition coefficient (Wildman–Crippen LogP) is 10.5. The van der Waals surface area contributed by atoms with Crippen molar-refractivity contribution in [2.75, 3.05) is 0 Å². The summed E-state index contributed by atoms with van der Waals surface area (Å²) in [5.74, 6) is 1.92. The molecular weight excluding hydrogens is 595 g/mol. The lowest BCUT2D eigenvalue weighted by Gasteiger charge is -2.11. The topological polar surface area (TPSA) is 64.5 Å². The second-order valence-electron chi connectivity index (χ2n) is 11.4. The predicted molar refractivity (Wildman–Crippen MR) is 193 cm³/mol. The molecule has 47 heavy (non-hydrogen) atoms. The van der Waals surface area contributed by atoms with Gasteiger partial charge in [0.25, 0.3) is 0 Å². The summed E-state index contributed by atoms with van der Waals surface area (Å²) >= 11 is 1.77. The summed E-state index contributed by atoms with van der Waals surface area (Å²) in [4.78, 5) is 24.5. The molecule has 0 aliphatic carbocycles. The highest BCUT2D eigenvalue weighted by molar-refractivity contribution is 7.26. The molecule has 0 saturated carbocycles. The third kappa shape index (κ3) is 4.92. The highest BCUT2D eigenvalue weighted by atomic mass is 32.1. The molecule has 0 spiro atoms. The molecule has 6 heteroatoms. The van der Waals surface area contributed by atoms with E-state index in [0.717, 1.165) is 54.7 Å². The van der Waals surface area contributed by atoms with E-state index in [0.29, 0.717) is 17.5 Å². The van der Waals surface area contributed by atoms with Crippen LogP contribution in [0, 0.1) is 0 Å². The SMILES string of the molecule is c1ccc(-c2nc(-c3ccccc3)nc(-c3ccc(-c4cnc(-c5cc6ccccc6cn5)c5sc6ccccc6c45)cc3)n2)cc1. The standard InChI is InChI=1S/C41H25N5S/c1-3-11-27(12-4-1)39-44-40(28-13-5-2-6-14-28)46-41(45-39)29-21-19-26(20-22-29)33-25-43-37(34-23-30-15-7-8-16-31(30)24-42-34)38-36(33)32-17-9-10-18-35(32)47-38/h1-25H. The zero-order valence-electron chi connectivity index (χ0n) is 25.1. The fourth-order valence-corrected chi connectivity index (χ4v) is 7.31. The van der Waals surface area contributed by atoms with Crippen molar-refractivity contribution < 1.29 is 0 Å². The van der Waals surface area contributed by atoms with Crippen molar-refractivity contribution in [3.63, 3.8) is 0 Å². The van der Waals surface area contributed by atoms with Crippen LogP contribution in [0.1, 0.15) is 0 Å². The van der Waals surface area contributed by atoms with Crippen LogP contribution in [0.15, 0.2) is 152 Å². The molecule has 0 saturated heterocycles. The molecule has 5 aromatic carbocycles. The molecule has 4 aromatic heterocycles. The minimum Gasteiger partial charge on any atom is -0.254 e. The normalized spacial score (nSPS) is 11.4. The van der Waals surface area contributed by atoms with Crippen LogP contribution in [-0.4, -0.2) is 24.9 Å². The number of nitrogens with zero attached hydrogens (tertiary/aromatic N) is 5. The number of pyridine rings is 2. The zero-order chi connectivity index (χ0) is 31.2. The van der Waals surface area contributed by atoms with E-state index in [1.807, 2.05) is 79.1 Å². The van der Waals surface area contributed by atoms with Gasteiger partial charge in [0.2, 0.25) is 0 Å². The van der Waals surface area contributed by atoms with Gasteiger partial charge in [0.1, 0.15) is 5.69 Å². The summed E-state index contributed by atoms with van der Waals surface area (Å²) in [6, 6.07) is 47.6. The Morgan fingerprint density at radius 3 is 1.68 bits per heavy atom. The third-order valence-corrected chi connectivity index (χ3v) is 9.61. The van der Waals surface area contributed by atoms with E-state index < -0.39 is 0 Å². The molecule has 0 amide bonds. The van der Waals surface area contributed by atoms with Gasteiger partial charge < -0.3 is 0 Å². The van der Waals surface area contributed by atoms with Gasteiger partial charge in [0.15, 0.2) is 17.5 Å². The maximum atomic E-state index is 5.04. The van der Waals surface area contributed by atoms with Crippen LogP contribution in [-0.2, 0) is 0 Å². The van der Waals surface area contributed by atoms with Crippen LogP contribution in [0.2, 0.25) is 0 Å². The summed E-state index contributed by atoms with van der Waals surface area (Å²) in [5, 5.41) is 4.67. The Balaban J connectivity index is 1.17. The summed E-state index contributed by atoms with van der Waals surface area (Å²) in [6.07, 6.45) is 3.93. The molecule has 9 rings (SSSR count). The first-order valence-electron chi connectivity index (χ1n) is 15.4. The number of rotatable bonds is 5. The maximum Gasteiger partial charge on any atom is 0.164 e. The van der Waals surface area contributed by atoms with Crippen molar-refractivity contribution in [3.8, 4) is 56.7 Å². The van der Waals surface area contributed by atoms with Crippen LogP contribution in [0.5, 0.6) is 0 Å². The zero-order valence-corrected chi connectivity index (χ0v) is 25.9. The summed E-state index contributed by atoms with van der Waals surface area (Å²) < 4.78 is 2.36. The molecule has 5 nitrogen and oxygen atoms in total. The van der Waals surface area contributed by atoms with Crippen LogP contribution < -0.4 is 0 Å². The van der Waals surface area contributed by atoms with Gasteiger partial charge >= 0.3 is 0 Å². The van der Waals surface area contributed by atoms with Gasteiger partial charge in [0.05, 0.1) is 10.4 Å². The molecule has 0 aliphatic rings. The number of hydrogen-bond acceptors (Lipinski definition) is 6. The van der Waals surface area contributed by atoms with Crippen molar-refractivity contribution in [1.29, 1.82) is 0 Å². The van der Waals surface area contributed by atoms with Crippen LogP contribution in [0.25, 0.3) is 87.6 Å². The second-order valence-corrected chi connectivity index (χ2v) is 12.4. The average Bonchev–Trinajstić information content (AvgIpc) is 3.55. The van der Waals surface area contributed by atoms with E-state index in [4.69, 9.17) is 24.9 Å². The lowest BCUT2D eigenvalue weighted by molar-refractivity contribution is 1.07. The van der Waals surface area contributed by atoms with Gasteiger partial charge in [-0.2, -0.15) is 0 Å². The van der Waals surface area contributed by atoms with Gasteiger partial charge in [-0.15, -0.1) is 11.3 Å². The van der Waals surface area contributed by atoms with Crippen LogP contribution in [0.3, 0.4) is 0 Å². The summed E-state index contributed by atoms with van der Waals surface area (Å²) in [6.45, 7) is 0. The molecule has 0 unspecified atom stereocenters. The van der Waals surface area contributed by atoms with Gasteiger partial charge in [-0.25, -0.2) is 15.0 Å². The monoisotopic (exact) mass is 619 g/mol. The Bertz CT molecular complexity index is 2500. The highest BCUT2D eigenvalue weighted by Crippen LogP contribution is 2.43. The van der Waals surface area contributed by atoms with E-state index in [2.05, 4.69) is 72.8 Å². The van der Waals surface area contributed by atoms with Gasteiger partial charge in [-0.1, -0.05) is 127 Å². The smallest absolute Gasteiger partial charge is 0.164 e. The summed E-state index contributed by atoms with van der Waals surface area (Å²) in [7, 11) is 0. The van der Waals surface area contributed by atoms with E-state index in [9.17, 15) is 0 Å². The molecular formula is C41H25N5S. The molecule has 0 aliphatic heterocycles. The number of benzene rings is 5. The molecule has 0 bridgehead atoms. The molecule has 0 radical (unpaired) electrons. The molecule has 0 atom stereocenters. The quantitative estimate of drug-likeness (QED) is 0.192. The number of fused-ring (bicyclic) bond motifs is 4. The molecule has 0 fully saturated rings. The number of aromatic nitrogens is 5. The van der Waals surface area contributed by atoms with Gasteiger partial charge in [-0.05, 0) is 23.1 Å². The van der Waals surface area contributed by atoms with Crippen molar-refractivity contribution in [2.24, 2.45) is 0 Å². The van der Waals surface area contributed by atoms with Crippen molar-refractivity contribution in [3.05, 3.63) is 152 Å². The Labute approximate surface area is 275 Å². The minimum atomic E-state index is 0.631. The van der Waals surface area contributed by atoms with Crippen LogP contribution in [0.4, 0.5) is 0 Å². The molecule has 9 aromatic rings. The van der Waals surface area contributed by atoms with E-state index >= 15 is 0 Å². The maximum absolute atomic E-state index is 5.04. The van der Waals surface area contributed by atoms with Gasteiger partial charge in [0, 0.05) is 55.5 Å². The second kappa shape index (κ2) is 11.4.